The van der Waals surface area contributed by atoms with Crippen molar-refractivity contribution in [1.82, 2.24) is 19.9 Å². The first-order valence-electron chi connectivity index (χ1n) is 12.0. The van der Waals surface area contributed by atoms with Crippen molar-refractivity contribution in [3.63, 3.8) is 0 Å². The fraction of sp³-hybridized carbons (Fsp3) is 0.520. The molecule has 1 saturated carbocycles. The van der Waals surface area contributed by atoms with Crippen molar-refractivity contribution in [3.8, 4) is 11.6 Å². The molecule has 33 heavy (non-hydrogen) atoms. The molecule has 2 aromatic heterocycles. The predicted molar refractivity (Wildman–Crippen MR) is 126 cm³/mol. The molecule has 3 aromatic rings. The number of hydrogen-bond donors (Lipinski definition) is 0. The zero-order valence-electron chi connectivity index (χ0n) is 19.2. The van der Waals surface area contributed by atoms with Gasteiger partial charge in [0.1, 0.15) is 11.3 Å². The van der Waals surface area contributed by atoms with E-state index in [4.69, 9.17) is 14.2 Å². The van der Waals surface area contributed by atoms with Crippen LogP contribution >= 0.6 is 0 Å². The van der Waals surface area contributed by atoms with Gasteiger partial charge in [-0.25, -0.2) is 9.97 Å². The first-order valence-corrected chi connectivity index (χ1v) is 12.0. The molecule has 0 bridgehead atoms. The van der Waals surface area contributed by atoms with Gasteiger partial charge in [-0.15, -0.1) is 0 Å². The molecule has 2 aliphatic rings. The summed E-state index contributed by atoms with van der Waals surface area (Å²) in [6.07, 6.45) is 12.5. The minimum atomic E-state index is 0.192. The normalized spacial score (nSPS) is 21.2. The van der Waals surface area contributed by atoms with Gasteiger partial charge in [-0.05, 0) is 51.0 Å². The van der Waals surface area contributed by atoms with Crippen LogP contribution in [0.2, 0.25) is 0 Å². The first-order chi connectivity index (χ1) is 16.3. The molecule has 0 spiro atoms. The van der Waals surface area contributed by atoms with Crippen LogP contribution in [-0.2, 0) is 11.2 Å². The number of hydrogen-bond acceptors (Lipinski definition) is 8. The minimum Gasteiger partial charge on any atom is -0.488 e. The van der Waals surface area contributed by atoms with E-state index in [-0.39, 0.29) is 6.10 Å². The van der Waals surface area contributed by atoms with Crippen LogP contribution in [0.1, 0.15) is 38.3 Å². The summed E-state index contributed by atoms with van der Waals surface area (Å²) >= 11 is 0. The van der Waals surface area contributed by atoms with Gasteiger partial charge in [-0.2, -0.15) is 0 Å². The molecule has 8 heteroatoms. The van der Waals surface area contributed by atoms with Gasteiger partial charge >= 0.3 is 0 Å². The molecule has 0 N–H and O–H groups in total. The second-order valence-corrected chi connectivity index (χ2v) is 8.71. The summed E-state index contributed by atoms with van der Waals surface area (Å²) in [4.78, 5) is 20.3. The van der Waals surface area contributed by atoms with E-state index in [1.807, 2.05) is 13.1 Å². The maximum absolute atomic E-state index is 6.54. The monoisotopic (exact) mass is 449 g/mol. The molecule has 0 amide bonds. The molecule has 8 nitrogen and oxygen atoms in total. The number of nitrogens with zero attached hydrogens (tertiary/aromatic N) is 5. The molecule has 0 atom stereocenters. The van der Waals surface area contributed by atoms with Crippen molar-refractivity contribution in [2.45, 2.75) is 45.1 Å². The zero-order valence-corrected chi connectivity index (χ0v) is 19.2. The number of ether oxygens (including phenoxy) is 3. The molecule has 3 heterocycles. The van der Waals surface area contributed by atoms with Gasteiger partial charge in [0.2, 0.25) is 5.88 Å². The van der Waals surface area contributed by atoms with Gasteiger partial charge in [0.15, 0.2) is 0 Å². The Kier molecular flexibility index (Phi) is 6.81. The van der Waals surface area contributed by atoms with Crippen molar-refractivity contribution in [2.24, 2.45) is 5.92 Å². The Morgan fingerprint density at radius 3 is 2.55 bits per heavy atom. The predicted octanol–water partition coefficient (Wildman–Crippen LogP) is 3.84. The van der Waals surface area contributed by atoms with E-state index in [9.17, 15) is 0 Å². The summed E-state index contributed by atoms with van der Waals surface area (Å²) in [7, 11) is 0. The van der Waals surface area contributed by atoms with E-state index >= 15 is 0 Å². The van der Waals surface area contributed by atoms with E-state index in [0.29, 0.717) is 18.4 Å². The van der Waals surface area contributed by atoms with Gasteiger partial charge < -0.3 is 19.1 Å². The Bertz CT molecular complexity index is 1050. The highest BCUT2D eigenvalue weighted by atomic mass is 16.5. The zero-order chi connectivity index (χ0) is 22.5. The first kappa shape index (κ1) is 21.8. The van der Waals surface area contributed by atoms with Gasteiger partial charge in [-0.1, -0.05) is 0 Å². The molecule has 1 aromatic carbocycles. The minimum absolute atomic E-state index is 0.192. The van der Waals surface area contributed by atoms with E-state index in [1.54, 1.807) is 18.6 Å². The summed E-state index contributed by atoms with van der Waals surface area (Å²) in [6, 6.07) is 4.24. The highest BCUT2D eigenvalue weighted by Gasteiger charge is 2.25. The largest absolute Gasteiger partial charge is 0.488 e. The third kappa shape index (κ3) is 5.33. The Balaban J connectivity index is 1.23. The third-order valence-corrected chi connectivity index (χ3v) is 6.46. The lowest BCUT2D eigenvalue weighted by Crippen LogP contribution is -2.36. The molecule has 2 fully saturated rings. The number of morpholine rings is 1. The molecule has 1 saturated heterocycles. The lowest BCUT2D eigenvalue weighted by Gasteiger charge is -2.31. The smallest absolute Gasteiger partial charge is 0.232 e. The van der Waals surface area contributed by atoms with Crippen LogP contribution < -0.4 is 14.4 Å². The SMILES string of the molecule is CCOc1cnc(CC2CCC(Oc3cc(N4CCOCC4)cc4nccnc34)CC2)cn1. The lowest BCUT2D eigenvalue weighted by molar-refractivity contribution is 0.122. The average Bonchev–Trinajstić information content (AvgIpc) is 2.87. The maximum atomic E-state index is 6.54. The van der Waals surface area contributed by atoms with Crippen molar-refractivity contribution in [1.29, 1.82) is 0 Å². The van der Waals surface area contributed by atoms with Gasteiger partial charge in [0.25, 0.3) is 0 Å². The summed E-state index contributed by atoms with van der Waals surface area (Å²) in [5.74, 6) is 2.03. The third-order valence-electron chi connectivity index (χ3n) is 6.46. The van der Waals surface area contributed by atoms with Crippen molar-refractivity contribution in [2.75, 3.05) is 37.8 Å². The second kappa shape index (κ2) is 10.3. The van der Waals surface area contributed by atoms with E-state index < -0.39 is 0 Å². The summed E-state index contributed by atoms with van der Waals surface area (Å²) in [5, 5.41) is 0. The Labute approximate surface area is 194 Å². The second-order valence-electron chi connectivity index (χ2n) is 8.71. The molecule has 0 radical (unpaired) electrons. The highest BCUT2D eigenvalue weighted by molar-refractivity contribution is 5.85. The number of rotatable bonds is 7. The van der Waals surface area contributed by atoms with Crippen LogP contribution in [-0.4, -0.2) is 59.0 Å². The molecule has 1 aliphatic carbocycles. The van der Waals surface area contributed by atoms with E-state index in [0.717, 1.165) is 86.6 Å². The van der Waals surface area contributed by atoms with Crippen molar-refractivity contribution < 1.29 is 14.2 Å². The van der Waals surface area contributed by atoms with Gasteiger partial charge in [0.05, 0.1) is 49.5 Å². The van der Waals surface area contributed by atoms with Crippen molar-refractivity contribution in [3.05, 3.63) is 42.6 Å². The molecule has 5 rings (SSSR count). The number of aromatic nitrogens is 4. The summed E-state index contributed by atoms with van der Waals surface area (Å²) in [5.41, 5.74) is 3.87. The maximum Gasteiger partial charge on any atom is 0.232 e. The summed E-state index contributed by atoms with van der Waals surface area (Å²) < 4.78 is 17.4. The number of anilines is 1. The van der Waals surface area contributed by atoms with Crippen LogP contribution in [0.4, 0.5) is 5.69 Å². The topological polar surface area (TPSA) is 82.5 Å². The average molecular weight is 450 g/mol. The number of benzene rings is 1. The quantitative estimate of drug-likeness (QED) is 0.538. The molecule has 0 unspecified atom stereocenters. The molecular weight excluding hydrogens is 418 g/mol. The van der Waals surface area contributed by atoms with E-state index in [2.05, 4.69) is 37.0 Å². The van der Waals surface area contributed by atoms with Crippen LogP contribution in [0.3, 0.4) is 0 Å². The lowest BCUT2D eigenvalue weighted by atomic mass is 9.84. The Morgan fingerprint density at radius 1 is 0.970 bits per heavy atom. The molecular formula is C25H31N5O3. The Hall–Kier alpha value is -3.00. The fourth-order valence-corrected chi connectivity index (χ4v) is 4.72. The number of fused-ring (bicyclic) bond motifs is 1. The van der Waals surface area contributed by atoms with Crippen LogP contribution in [0.25, 0.3) is 11.0 Å². The fourth-order valence-electron chi connectivity index (χ4n) is 4.72. The van der Waals surface area contributed by atoms with Crippen LogP contribution in [0.15, 0.2) is 36.9 Å². The molecule has 174 valence electrons. The van der Waals surface area contributed by atoms with Crippen LogP contribution in [0, 0.1) is 5.92 Å². The van der Waals surface area contributed by atoms with Gasteiger partial charge in [0, 0.05) is 37.2 Å². The van der Waals surface area contributed by atoms with E-state index in [1.165, 1.54) is 0 Å². The van der Waals surface area contributed by atoms with Crippen LogP contribution in [0.5, 0.6) is 11.6 Å². The van der Waals surface area contributed by atoms with Gasteiger partial charge in [-0.3, -0.25) is 9.97 Å². The standard InChI is InChI=1S/C25H31N5O3/c1-2-32-24-17-28-19(16-29-24)13-18-3-5-21(6-4-18)33-23-15-20(30-9-11-31-12-10-30)14-22-25(23)27-8-7-26-22/h7-8,14-18,21H,2-6,9-13H2,1H3. The molecule has 1 aliphatic heterocycles. The summed E-state index contributed by atoms with van der Waals surface area (Å²) in [6.45, 7) is 5.81. The highest BCUT2D eigenvalue weighted by Crippen LogP contribution is 2.34. The Morgan fingerprint density at radius 2 is 1.79 bits per heavy atom. The van der Waals surface area contributed by atoms with Crippen molar-refractivity contribution >= 4 is 16.7 Å².